The van der Waals surface area contributed by atoms with E-state index in [-0.39, 0.29) is 29.4 Å². The minimum Gasteiger partial charge on any atom is -0.459 e. The molecule has 6 heteroatoms. The second-order valence-corrected chi connectivity index (χ2v) is 4.93. The molecule has 100 valence electrons. The summed E-state index contributed by atoms with van der Waals surface area (Å²) in [6, 6.07) is 3.05. The van der Waals surface area contributed by atoms with Gasteiger partial charge in [-0.3, -0.25) is 19.8 Å². The van der Waals surface area contributed by atoms with Crippen LogP contribution in [0.5, 0.6) is 0 Å². The zero-order valence-electron chi connectivity index (χ0n) is 10.3. The molecule has 0 bridgehead atoms. The highest BCUT2D eigenvalue weighted by Crippen LogP contribution is 2.37. The fourth-order valence-corrected chi connectivity index (χ4v) is 2.84. The molecule has 3 amide bonds. The Bertz CT molecular complexity index is 499. The number of rotatable bonds is 2. The van der Waals surface area contributed by atoms with Crippen LogP contribution in [0.1, 0.15) is 36.2 Å². The molecule has 0 radical (unpaired) electrons. The SMILES string of the molecule is O=C(NN1C(=O)[C@@H]2CCCC[C@H]2C1=O)c1ccco1. The third kappa shape index (κ3) is 1.93. The van der Waals surface area contributed by atoms with Crippen molar-refractivity contribution in [2.24, 2.45) is 11.8 Å². The van der Waals surface area contributed by atoms with Gasteiger partial charge in [0.2, 0.25) is 0 Å². The molecule has 0 aromatic carbocycles. The van der Waals surface area contributed by atoms with E-state index in [9.17, 15) is 14.4 Å². The van der Waals surface area contributed by atoms with E-state index in [0.29, 0.717) is 0 Å². The highest BCUT2D eigenvalue weighted by molar-refractivity contribution is 6.07. The maximum absolute atomic E-state index is 12.1. The van der Waals surface area contributed by atoms with Crippen LogP contribution < -0.4 is 5.43 Å². The molecule has 3 rings (SSSR count). The summed E-state index contributed by atoms with van der Waals surface area (Å²) in [7, 11) is 0. The number of carbonyl (C=O) groups is 3. The first-order chi connectivity index (χ1) is 9.18. The Morgan fingerprint density at radius 1 is 1.21 bits per heavy atom. The van der Waals surface area contributed by atoms with E-state index in [1.54, 1.807) is 6.07 Å². The molecule has 1 aliphatic heterocycles. The van der Waals surface area contributed by atoms with Crippen molar-refractivity contribution >= 4 is 17.7 Å². The van der Waals surface area contributed by atoms with E-state index >= 15 is 0 Å². The smallest absolute Gasteiger partial charge is 0.305 e. The molecule has 2 atom stereocenters. The van der Waals surface area contributed by atoms with Gasteiger partial charge in [0.05, 0.1) is 18.1 Å². The number of hydrogen-bond acceptors (Lipinski definition) is 4. The van der Waals surface area contributed by atoms with Crippen LogP contribution in [0.2, 0.25) is 0 Å². The Hall–Kier alpha value is -2.11. The molecular weight excluding hydrogens is 248 g/mol. The van der Waals surface area contributed by atoms with E-state index in [0.717, 1.165) is 30.7 Å². The number of fused-ring (bicyclic) bond motifs is 1. The molecule has 6 nitrogen and oxygen atoms in total. The van der Waals surface area contributed by atoms with Gasteiger partial charge in [-0.1, -0.05) is 12.8 Å². The molecule has 19 heavy (non-hydrogen) atoms. The molecule has 1 aromatic rings. The number of hydrazine groups is 1. The van der Waals surface area contributed by atoms with Crippen molar-refractivity contribution < 1.29 is 18.8 Å². The van der Waals surface area contributed by atoms with Crippen molar-refractivity contribution in [1.29, 1.82) is 0 Å². The van der Waals surface area contributed by atoms with Crippen LogP contribution in [-0.4, -0.2) is 22.7 Å². The first-order valence-corrected chi connectivity index (χ1v) is 6.41. The average Bonchev–Trinajstić information content (AvgIpc) is 3.03. The summed E-state index contributed by atoms with van der Waals surface area (Å²) in [6.07, 6.45) is 4.73. The predicted molar refractivity (Wildman–Crippen MR) is 63.5 cm³/mol. The summed E-state index contributed by atoms with van der Waals surface area (Å²) < 4.78 is 4.93. The van der Waals surface area contributed by atoms with E-state index in [1.165, 1.54) is 12.3 Å². The Morgan fingerprint density at radius 2 is 1.84 bits per heavy atom. The van der Waals surface area contributed by atoms with Crippen LogP contribution >= 0.6 is 0 Å². The summed E-state index contributed by atoms with van der Waals surface area (Å²) in [5.74, 6) is -1.62. The maximum atomic E-state index is 12.1. The Kier molecular flexibility index (Phi) is 2.85. The quantitative estimate of drug-likeness (QED) is 0.809. The van der Waals surface area contributed by atoms with Gasteiger partial charge < -0.3 is 4.42 Å². The van der Waals surface area contributed by atoms with Crippen molar-refractivity contribution in [3.63, 3.8) is 0 Å². The van der Waals surface area contributed by atoms with Crippen LogP contribution in [0, 0.1) is 11.8 Å². The lowest BCUT2D eigenvalue weighted by Crippen LogP contribution is -2.46. The molecule has 0 unspecified atom stereocenters. The zero-order valence-corrected chi connectivity index (χ0v) is 10.3. The number of amides is 3. The van der Waals surface area contributed by atoms with Gasteiger partial charge in [-0.05, 0) is 25.0 Å². The normalized spacial score (nSPS) is 26.4. The number of carbonyl (C=O) groups excluding carboxylic acids is 3. The molecule has 1 saturated carbocycles. The lowest BCUT2D eigenvalue weighted by Gasteiger charge is -2.19. The van der Waals surface area contributed by atoms with Gasteiger partial charge >= 0.3 is 5.91 Å². The second-order valence-electron chi connectivity index (χ2n) is 4.93. The number of furan rings is 1. The van der Waals surface area contributed by atoms with Crippen LogP contribution in [0.25, 0.3) is 0 Å². The number of hydrogen-bond donors (Lipinski definition) is 1. The molecule has 0 spiro atoms. The van der Waals surface area contributed by atoms with E-state index < -0.39 is 5.91 Å². The Labute approximate surface area is 109 Å². The van der Waals surface area contributed by atoms with Crippen molar-refractivity contribution in [1.82, 2.24) is 10.4 Å². The van der Waals surface area contributed by atoms with Crippen molar-refractivity contribution in [3.8, 4) is 0 Å². The fraction of sp³-hybridized carbons (Fsp3) is 0.462. The van der Waals surface area contributed by atoms with Crippen molar-refractivity contribution in [3.05, 3.63) is 24.2 Å². The summed E-state index contributed by atoms with van der Waals surface area (Å²) in [4.78, 5) is 36.0. The lowest BCUT2D eigenvalue weighted by molar-refractivity contribution is -0.142. The zero-order chi connectivity index (χ0) is 13.4. The highest BCUT2D eigenvalue weighted by atomic mass is 16.3. The number of nitrogens with one attached hydrogen (secondary N) is 1. The van der Waals surface area contributed by atoms with Crippen LogP contribution in [0.4, 0.5) is 0 Å². The predicted octanol–water partition coefficient (Wildman–Crippen LogP) is 1.10. The molecule has 2 heterocycles. The number of nitrogens with zero attached hydrogens (tertiary/aromatic N) is 1. The Morgan fingerprint density at radius 3 is 2.37 bits per heavy atom. The van der Waals surface area contributed by atoms with Gasteiger partial charge in [0.25, 0.3) is 11.8 Å². The highest BCUT2D eigenvalue weighted by Gasteiger charge is 2.49. The van der Waals surface area contributed by atoms with Gasteiger partial charge in [-0.15, -0.1) is 0 Å². The van der Waals surface area contributed by atoms with Crippen molar-refractivity contribution in [2.75, 3.05) is 0 Å². The summed E-state index contributed by atoms with van der Waals surface area (Å²) >= 11 is 0. The standard InChI is InChI=1S/C13H14N2O4/c16-11(10-6-3-7-19-10)14-15-12(17)8-4-1-2-5-9(8)13(15)18/h3,6-9H,1-2,4-5H2,(H,14,16)/t8-,9-/m1/s1. The van der Waals surface area contributed by atoms with Crippen LogP contribution in [0.3, 0.4) is 0 Å². The summed E-state index contributed by atoms with van der Waals surface area (Å²) in [5, 5.41) is 0.867. The summed E-state index contributed by atoms with van der Waals surface area (Å²) in [5.41, 5.74) is 2.34. The van der Waals surface area contributed by atoms with E-state index in [2.05, 4.69) is 5.43 Å². The topological polar surface area (TPSA) is 79.6 Å². The lowest BCUT2D eigenvalue weighted by atomic mass is 9.81. The van der Waals surface area contributed by atoms with E-state index in [1.807, 2.05) is 0 Å². The molecular formula is C13H14N2O4. The number of imide groups is 1. The average molecular weight is 262 g/mol. The van der Waals surface area contributed by atoms with Gasteiger partial charge in [-0.25, -0.2) is 0 Å². The fourth-order valence-electron chi connectivity index (χ4n) is 2.84. The maximum Gasteiger partial charge on any atom is 0.305 e. The monoisotopic (exact) mass is 262 g/mol. The molecule has 2 fully saturated rings. The molecule has 1 N–H and O–H groups in total. The first-order valence-electron chi connectivity index (χ1n) is 6.41. The largest absolute Gasteiger partial charge is 0.459 e. The summed E-state index contributed by atoms with van der Waals surface area (Å²) in [6.45, 7) is 0. The van der Waals surface area contributed by atoms with Crippen LogP contribution in [-0.2, 0) is 9.59 Å². The molecule has 1 aromatic heterocycles. The third-order valence-corrected chi connectivity index (χ3v) is 3.80. The van der Waals surface area contributed by atoms with Gasteiger partial charge in [-0.2, -0.15) is 5.01 Å². The molecule has 1 saturated heterocycles. The molecule has 2 aliphatic rings. The van der Waals surface area contributed by atoms with Gasteiger partial charge in [0, 0.05) is 0 Å². The van der Waals surface area contributed by atoms with Crippen molar-refractivity contribution in [2.45, 2.75) is 25.7 Å². The van der Waals surface area contributed by atoms with Crippen LogP contribution in [0.15, 0.2) is 22.8 Å². The van der Waals surface area contributed by atoms with E-state index in [4.69, 9.17) is 4.42 Å². The van der Waals surface area contributed by atoms with Gasteiger partial charge in [0.15, 0.2) is 5.76 Å². The minimum absolute atomic E-state index is 0.0791. The third-order valence-electron chi connectivity index (χ3n) is 3.80. The minimum atomic E-state index is -0.578. The molecule has 1 aliphatic carbocycles. The first kappa shape index (κ1) is 12.0. The Balaban J connectivity index is 1.76. The second kappa shape index (κ2) is 4.53. The van der Waals surface area contributed by atoms with Gasteiger partial charge in [0.1, 0.15) is 0 Å².